The highest BCUT2D eigenvalue weighted by molar-refractivity contribution is 5.92. The largest absolute Gasteiger partial charge is 0.381 e. The summed E-state index contributed by atoms with van der Waals surface area (Å²) < 4.78 is 5.33. The maximum Gasteiger partial charge on any atom is 0.272 e. The normalized spacial score (nSPS) is 15.3. The first-order valence-corrected chi connectivity index (χ1v) is 10.4. The van der Waals surface area contributed by atoms with Crippen LogP contribution >= 0.6 is 0 Å². The average molecular weight is 402 g/mol. The van der Waals surface area contributed by atoms with E-state index >= 15 is 0 Å². The van der Waals surface area contributed by atoms with Crippen LogP contribution in [0.2, 0.25) is 0 Å². The van der Waals surface area contributed by atoms with E-state index in [2.05, 4.69) is 45.1 Å². The van der Waals surface area contributed by atoms with Crippen LogP contribution < -0.4 is 10.6 Å². The van der Waals surface area contributed by atoms with Gasteiger partial charge >= 0.3 is 0 Å². The van der Waals surface area contributed by atoms with E-state index in [9.17, 15) is 4.79 Å². The molecular weight excluding hydrogens is 376 g/mol. The molecule has 1 fully saturated rings. The fraction of sp³-hybridized carbons (Fsp3) is 0.292. The second-order valence-electron chi connectivity index (χ2n) is 7.46. The minimum Gasteiger partial charge on any atom is -0.381 e. The molecular formula is C24H26N4O2. The molecule has 1 aliphatic rings. The number of carbonyl (C=O) groups excluding carboxylic acids is 1. The van der Waals surface area contributed by atoms with Crippen LogP contribution in [-0.2, 0) is 11.2 Å². The summed E-state index contributed by atoms with van der Waals surface area (Å²) in [6.07, 6.45) is 2.48. The van der Waals surface area contributed by atoms with E-state index in [1.165, 1.54) is 11.1 Å². The van der Waals surface area contributed by atoms with Gasteiger partial charge in [0.1, 0.15) is 5.82 Å². The predicted octanol–water partition coefficient (Wildman–Crippen LogP) is 3.78. The standard InChI is InChI=1S/C24H26N4O2/c29-24(25-20-13-15-30-16-14-20)21-11-12-23(28-27-21)26-22(19-9-5-2-6-10-19)17-18-7-3-1-4-8-18/h1-12,20,22H,13-17H2,(H,25,29)(H,26,28). The Morgan fingerprint density at radius 3 is 2.30 bits per heavy atom. The van der Waals surface area contributed by atoms with E-state index in [-0.39, 0.29) is 18.0 Å². The summed E-state index contributed by atoms with van der Waals surface area (Å²) >= 11 is 0. The van der Waals surface area contributed by atoms with Crippen molar-refractivity contribution >= 4 is 11.7 Å². The fourth-order valence-electron chi connectivity index (χ4n) is 3.60. The van der Waals surface area contributed by atoms with Gasteiger partial charge in [-0.3, -0.25) is 4.79 Å². The van der Waals surface area contributed by atoms with Crippen LogP contribution in [0, 0.1) is 0 Å². The molecule has 1 saturated heterocycles. The van der Waals surface area contributed by atoms with Gasteiger partial charge in [-0.2, -0.15) is 0 Å². The summed E-state index contributed by atoms with van der Waals surface area (Å²) in [6, 6.07) is 24.3. The van der Waals surface area contributed by atoms with Crippen molar-refractivity contribution in [1.82, 2.24) is 15.5 Å². The number of hydrogen-bond acceptors (Lipinski definition) is 5. The van der Waals surface area contributed by atoms with Gasteiger partial charge in [-0.1, -0.05) is 60.7 Å². The van der Waals surface area contributed by atoms with Crippen LogP contribution in [0.1, 0.15) is 40.5 Å². The molecule has 2 heterocycles. The van der Waals surface area contributed by atoms with Gasteiger partial charge in [-0.05, 0) is 42.5 Å². The Hall–Kier alpha value is -3.25. The summed E-state index contributed by atoms with van der Waals surface area (Å²) in [6.45, 7) is 1.36. The highest BCUT2D eigenvalue weighted by Gasteiger charge is 2.18. The van der Waals surface area contributed by atoms with Crippen molar-refractivity contribution in [2.45, 2.75) is 31.3 Å². The molecule has 1 unspecified atom stereocenters. The smallest absolute Gasteiger partial charge is 0.272 e. The number of hydrogen-bond donors (Lipinski definition) is 2. The molecule has 6 heteroatoms. The molecule has 0 bridgehead atoms. The average Bonchev–Trinajstić information content (AvgIpc) is 2.81. The van der Waals surface area contributed by atoms with Crippen molar-refractivity contribution in [2.75, 3.05) is 18.5 Å². The van der Waals surface area contributed by atoms with Crippen LogP contribution in [0.4, 0.5) is 5.82 Å². The number of aromatic nitrogens is 2. The van der Waals surface area contributed by atoms with Crippen molar-refractivity contribution in [3.63, 3.8) is 0 Å². The minimum atomic E-state index is -0.190. The van der Waals surface area contributed by atoms with Crippen LogP contribution in [0.25, 0.3) is 0 Å². The second-order valence-corrected chi connectivity index (χ2v) is 7.46. The Morgan fingerprint density at radius 2 is 1.63 bits per heavy atom. The van der Waals surface area contributed by atoms with Crippen molar-refractivity contribution in [2.24, 2.45) is 0 Å². The van der Waals surface area contributed by atoms with Gasteiger partial charge < -0.3 is 15.4 Å². The number of amides is 1. The summed E-state index contributed by atoms with van der Waals surface area (Å²) in [5.74, 6) is 0.451. The van der Waals surface area contributed by atoms with Gasteiger partial charge in [0, 0.05) is 19.3 Å². The van der Waals surface area contributed by atoms with Gasteiger partial charge in [-0.25, -0.2) is 0 Å². The molecule has 0 aliphatic carbocycles. The van der Waals surface area contributed by atoms with Gasteiger partial charge in [-0.15, -0.1) is 10.2 Å². The number of anilines is 1. The van der Waals surface area contributed by atoms with E-state index < -0.39 is 0 Å². The van der Waals surface area contributed by atoms with Crippen molar-refractivity contribution < 1.29 is 9.53 Å². The number of rotatable bonds is 7. The van der Waals surface area contributed by atoms with Crippen LogP contribution in [0.15, 0.2) is 72.8 Å². The molecule has 1 aliphatic heterocycles. The summed E-state index contributed by atoms with van der Waals surface area (Å²) in [5.41, 5.74) is 2.73. The molecule has 1 aromatic heterocycles. The Bertz CT molecular complexity index is 926. The molecule has 154 valence electrons. The Labute approximate surface area is 176 Å². The Morgan fingerprint density at radius 1 is 0.933 bits per heavy atom. The molecule has 2 N–H and O–H groups in total. The maximum absolute atomic E-state index is 12.4. The zero-order valence-corrected chi connectivity index (χ0v) is 16.8. The molecule has 1 amide bonds. The third kappa shape index (κ3) is 5.42. The van der Waals surface area contributed by atoms with Gasteiger partial charge in [0.05, 0.1) is 6.04 Å². The lowest BCUT2D eigenvalue weighted by atomic mass is 9.99. The summed E-state index contributed by atoms with van der Waals surface area (Å²) in [7, 11) is 0. The van der Waals surface area contributed by atoms with E-state index in [0.717, 1.165) is 19.3 Å². The quantitative estimate of drug-likeness (QED) is 0.629. The molecule has 2 aromatic carbocycles. The highest BCUT2D eigenvalue weighted by Crippen LogP contribution is 2.22. The van der Waals surface area contributed by atoms with Crippen LogP contribution in [0.3, 0.4) is 0 Å². The molecule has 6 nitrogen and oxygen atoms in total. The van der Waals surface area contributed by atoms with Gasteiger partial charge in [0.15, 0.2) is 5.69 Å². The van der Waals surface area contributed by atoms with E-state index in [4.69, 9.17) is 4.74 Å². The molecule has 30 heavy (non-hydrogen) atoms. The third-order valence-electron chi connectivity index (χ3n) is 5.26. The van der Waals surface area contributed by atoms with E-state index in [0.29, 0.717) is 24.7 Å². The summed E-state index contributed by atoms with van der Waals surface area (Å²) in [5, 5.41) is 14.9. The summed E-state index contributed by atoms with van der Waals surface area (Å²) in [4.78, 5) is 12.4. The lowest BCUT2D eigenvalue weighted by Gasteiger charge is -2.23. The van der Waals surface area contributed by atoms with Crippen molar-refractivity contribution in [3.8, 4) is 0 Å². The lowest BCUT2D eigenvalue weighted by Crippen LogP contribution is -2.39. The van der Waals surface area contributed by atoms with Crippen molar-refractivity contribution in [3.05, 3.63) is 89.6 Å². The minimum absolute atomic E-state index is 0.0461. The Balaban J connectivity index is 1.44. The maximum atomic E-state index is 12.4. The van der Waals surface area contributed by atoms with Crippen LogP contribution in [-0.4, -0.2) is 35.4 Å². The predicted molar refractivity (Wildman–Crippen MR) is 116 cm³/mol. The topological polar surface area (TPSA) is 76.1 Å². The number of ether oxygens (including phenoxy) is 1. The zero-order valence-electron chi connectivity index (χ0n) is 16.8. The zero-order chi connectivity index (χ0) is 20.6. The second kappa shape index (κ2) is 9.98. The first-order chi connectivity index (χ1) is 14.8. The first kappa shape index (κ1) is 20.0. The third-order valence-corrected chi connectivity index (χ3v) is 5.26. The molecule has 3 aromatic rings. The lowest BCUT2D eigenvalue weighted by molar-refractivity contribution is 0.0693. The first-order valence-electron chi connectivity index (χ1n) is 10.4. The monoisotopic (exact) mass is 402 g/mol. The number of nitrogens with zero attached hydrogens (tertiary/aromatic N) is 2. The van der Waals surface area contributed by atoms with E-state index in [1.54, 1.807) is 6.07 Å². The van der Waals surface area contributed by atoms with Gasteiger partial charge in [0.25, 0.3) is 5.91 Å². The molecule has 1 atom stereocenters. The molecule has 0 saturated carbocycles. The van der Waals surface area contributed by atoms with Crippen molar-refractivity contribution in [1.29, 1.82) is 0 Å². The number of benzene rings is 2. The highest BCUT2D eigenvalue weighted by atomic mass is 16.5. The number of nitrogens with one attached hydrogen (secondary N) is 2. The molecule has 0 spiro atoms. The van der Waals surface area contributed by atoms with Gasteiger partial charge in [0.2, 0.25) is 0 Å². The van der Waals surface area contributed by atoms with E-state index in [1.807, 2.05) is 42.5 Å². The fourth-order valence-corrected chi connectivity index (χ4v) is 3.60. The SMILES string of the molecule is O=C(NC1CCOCC1)c1ccc(NC(Cc2ccccc2)c2ccccc2)nn1. The molecule has 0 radical (unpaired) electrons. The van der Waals surface area contributed by atoms with Crippen LogP contribution in [0.5, 0.6) is 0 Å². The molecule has 4 rings (SSSR count). The number of carbonyl (C=O) groups is 1. The Kier molecular flexibility index (Phi) is 6.67.